The van der Waals surface area contributed by atoms with E-state index >= 15 is 0 Å². The lowest BCUT2D eigenvalue weighted by molar-refractivity contribution is -0.145. The maximum absolute atomic E-state index is 11.0. The summed E-state index contributed by atoms with van der Waals surface area (Å²) in [5.74, 6) is -0.171. The van der Waals surface area contributed by atoms with Crippen LogP contribution in [0.4, 0.5) is 0 Å². The Hall–Kier alpha value is -0.690. The van der Waals surface area contributed by atoms with E-state index in [1.807, 2.05) is 6.92 Å². The van der Waals surface area contributed by atoms with Crippen LogP contribution in [0.2, 0.25) is 0 Å². The molecule has 0 aliphatic carbocycles. The molecule has 6 nitrogen and oxygen atoms in total. The molecule has 0 unspecified atom stereocenters. The summed E-state index contributed by atoms with van der Waals surface area (Å²) < 4.78 is 25.5. The maximum Gasteiger partial charge on any atom is 0.305 e. The zero-order valence-corrected chi connectivity index (χ0v) is 12.0. The van der Waals surface area contributed by atoms with Gasteiger partial charge in [0.25, 0.3) is 0 Å². The van der Waals surface area contributed by atoms with E-state index in [1.165, 1.54) is 0 Å². The third kappa shape index (κ3) is 15.3. The Bertz CT molecular complexity index is 198. The van der Waals surface area contributed by atoms with Crippen LogP contribution in [0.25, 0.3) is 0 Å². The minimum atomic E-state index is -0.171. The summed E-state index contributed by atoms with van der Waals surface area (Å²) in [5.41, 5.74) is 0. The van der Waals surface area contributed by atoms with Gasteiger partial charge in [-0.15, -0.1) is 0 Å². The summed E-state index contributed by atoms with van der Waals surface area (Å²) in [7, 11) is 1.64. The highest BCUT2D eigenvalue weighted by Crippen LogP contribution is 1.91. The van der Waals surface area contributed by atoms with Crippen LogP contribution in [0.15, 0.2) is 0 Å². The van der Waals surface area contributed by atoms with Crippen LogP contribution < -0.4 is 0 Å². The van der Waals surface area contributed by atoms with Crippen molar-refractivity contribution < 1.29 is 28.5 Å². The fourth-order valence-electron chi connectivity index (χ4n) is 1.17. The van der Waals surface area contributed by atoms with Crippen molar-refractivity contribution >= 4 is 5.97 Å². The largest absolute Gasteiger partial charge is 0.463 e. The molecule has 0 aliphatic heterocycles. The first-order chi connectivity index (χ1) is 9.31. The zero-order chi connectivity index (χ0) is 14.2. The van der Waals surface area contributed by atoms with Gasteiger partial charge in [0.15, 0.2) is 0 Å². The number of rotatable bonds is 14. The van der Waals surface area contributed by atoms with E-state index in [-0.39, 0.29) is 5.97 Å². The van der Waals surface area contributed by atoms with Gasteiger partial charge in [-0.05, 0) is 6.42 Å². The summed E-state index contributed by atoms with van der Waals surface area (Å²) in [4.78, 5) is 11.0. The monoisotopic (exact) mass is 278 g/mol. The molecule has 0 radical (unpaired) electrons. The Morgan fingerprint density at radius 2 is 1.26 bits per heavy atom. The van der Waals surface area contributed by atoms with Gasteiger partial charge in [0.05, 0.1) is 46.2 Å². The van der Waals surface area contributed by atoms with E-state index in [9.17, 15) is 4.79 Å². The lowest BCUT2D eigenvalue weighted by Gasteiger charge is -2.07. The molecule has 0 aromatic heterocycles. The third-order valence-electron chi connectivity index (χ3n) is 2.12. The molecule has 114 valence electrons. The topological polar surface area (TPSA) is 63.2 Å². The first-order valence-electron chi connectivity index (χ1n) is 6.69. The SMILES string of the molecule is CCCC(=O)OCCOCCOCCOCCOC. The van der Waals surface area contributed by atoms with E-state index in [0.29, 0.717) is 59.3 Å². The Morgan fingerprint density at radius 3 is 1.74 bits per heavy atom. The highest BCUT2D eigenvalue weighted by Gasteiger charge is 1.99. The van der Waals surface area contributed by atoms with E-state index in [0.717, 1.165) is 6.42 Å². The molecule has 0 aromatic rings. The van der Waals surface area contributed by atoms with Gasteiger partial charge in [-0.3, -0.25) is 4.79 Å². The molecule has 0 rings (SSSR count). The second kappa shape index (κ2) is 15.4. The summed E-state index contributed by atoms with van der Waals surface area (Å²) in [5, 5.41) is 0. The number of ether oxygens (including phenoxy) is 5. The molecule has 0 atom stereocenters. The van der Waals surface area contributed by atoms with Crippen LogP contribution in [0.3, 0.4) is 0 Å². The summed E-state index contributed by atoms with van der Waals surface area (Å²) in [6.45, 7) is 5.92. The van der Waals surface area contributed by atoms with Crippen molar-refractivity contribution in [3.63, 3.8) is 0 Å². The lowest BCUT2D eigenvalue weighted by atomic mass is 10.3. The fraction of sp³-hybridized carbons (Fsp3) is 0.923. The van der Waals surface area contributed by atoms with Gasteiger partial charge in [-0.1, -0.05) is 6.92 Å². The van der Waals surface area contributed by atoms with E-state index in [2.05, 4.69) is 0 Å². The van der Waals surface area contributed by atoms with Crippen LogP contribution in [0, 0.1) is 0 Å². The number of hydrogen-bond acceptors (Lipinski definition) is 6. The summed E-state index contributed by atoms with van der Waals surface area (Å²) in [6.07, 6.45) is 1.27. The van der Waals surface area contributed by atoms with E-state index < -0.39 is 0 Å². The van der Waals surface area contributed by atoms with Gasteiger partial charge in [-0.2, -0.15) is 0 Å². The van der Waals surface area contributed by atoms with Crippen LogP contribution in [0.1, 0.15) is 19.8 Å². The minimum Gasteiger partial charge on any atom is -0.463 e. The van der Waals surface area contributed by atoms with Crippen LogP contribution in [-0.2, 0) is 28.5 Å². The normalized spacial score (nSPS) is 10.6. The number of carbonyl (C=O) groups excluding carboxylic acids is 1. The standard InChI is InChI=1S/C13H26O6/c1-3-4-13(14)19-12-11-18-10-9-17-8-7-16-6-5-15-2/h3-12H2,1-2H3. The van der Waals surface area contributed by atoms with Crippen LogP contribution in [0.5, 0.6) is 0 Å². The second-order valence-corrected chi connectivity index (χ2v) is 3.80. The first kappa shape index (κ1) is 18.3. The van der Waals surface area contributed by atoms with Gasteiger partial charge in [-0.25, -0.2) is 0 Å². The highest BCUT2D eigenvalue weighted by atomic mass is 16.6. The third-order valence-corrected chi connectivity index (χ3v) is 2.12. The van der Waals surface area contributed by atoms with Crippen LogP contribution >= 0.6 is 0 Å². The van der Waals surface area contributed by atoms with Crippen molar-refractivity contribution in [1.29, 1.82) is 0 Å². The van der Waals surface area contributed by atoms with Gasteiger partial charge in [0.2, 0.25) is 0 Å². The predicted octanol–water partition coefficient (Wildman–Crippen LogP) is 1.03. The maximum atomic E-state index is 11.0. The lowest BCUT2D eigenvalue weighted by Crippen LogP contribution is -2.14. The average Bonchev–Trinajstić information content (AvgIpc) is 2.40. The van der Waals surface area contributed by atoms with Crippen molar-refractivity contribution in [2.45, 2.75) is 19.8 Å². The molecule has 0 fully saturated rings. The Morgan fingerprint density at radius 1 is 0.789 bits per heavy atom. The van der Waals surface area contributed by atoms with Crippen LogP contribution in [-0.4, -0.2) is 65.9 Å². The Kier molecular flexibility index (Phi) is 14.8. The number of carbonyl (C=O) groups is 1. The molecule has 0 saturated heterocycles. The second-order valence-electron chi connectivity index (χ2n) is 3.80. The molecule has 0 saturated carbocycles. The molecular formula is C13H26O6. The quantitative estimate of drug-likeness (QED) is 0.349. The Labute approximate surface area is 115 Å². The molecule has 0 spiro atoms. The first-order valence-corrected chi connectivity index (χ1v) is 6.69. The fourth-order valence-corrected chi connectivity index (χ4v) is 1.17. The van der Waals surface area contributed by atoms with Crippen molar-refractivity contribution in [2.75, 3.05) is 60.0 Å². The van der Waals surface area contributed by atoms with Gasteiger partial charge < -0.3 is 23.7 Å². The Balaban J connectivity index is 3.01. The minimum absolute atomic E-state index is 0.171. The molecule has 0 bridgehead atoms. The van der Waals surface area contributed by atoms with Gasteiger partial charge in [0, 0.05) is 13.5 Å². The molecule has 0 aliphatic rings. The summed E-state index contributed by atoms with van der Waals surface area (Å²) in [6, 6.07) is 0. The molecule has 19 heavy (non-hydrogen) atoms. The van der Waals surface area contributed by atoms with Crippen molar-refractivity contribution in [1.82, 2.24) is 0 Å². The molecule has 0 aromatic carbocycles. The molecule has 0 N–H and O–H groups in total. The van der Waals surface area contributed by atoms with Gasteiger partial charge in [0.1, 0.15) is 6.61 Å². The highest BCUT2D eigenvalue weighted by molar-refractivity contribution is 5.69. The summed E-state index contributed by atoms with van der Waals surface area (Å²) >= 11 is 0. The predicted molar refractivity (Wildman–Crippen MR) is 70.2 cm³/mol. The molecule has 0 heterocycles. The number of esters is 1. The molecular weight excluding hydrogens is 252 g/mol. The van der Waals surface area contributed by atoms with Crippen molar-refractivity contribution in [3.05, 3.63) is 0 Å². The van der Waals surface area contributed by atoms with E-state index in [4.69, 9.17) is 23.7 Å². The zero-order valence-electron chi connectivity index (χ0n) is 12.0. The number of hydrogen-bond donors (Lipinski definition) is 0. The van der Waals surface area contributed by atoms with Crippen molar-refractivity contribution in [3.8, 4) is 0 Å². The molecule has 0 amide bonds. The molecule has 6 heteroatoms. The van der Waals surface area contributed by atoms with Gasteiger partial charge >= 0.3 is 5.97 Å². The average molecular weight is 278 g/mol. The van der Waals surface area contributed by atoms with Crippen molar-refractivity contribution in [2.24, 2.45) is 0 Å². The number of methoxy groups -OCH3 is 1. The van der Waals surface area contributed by atoms with E-state index in [1.54, 1.807) is 7.11 Å². The smallest absolute Gasteiger partial charge is 0.305 e.